The van der Waals surface area contributed by atoms with E-state index in [1.165, 1.54) is 23.4 Å². The molecule has 1 fully saturated rings. The summed E-state index contributed by atoms with van der Waals surface area (Å²) in [6.07, 6.45) is -2.60. The minimum absolute atomic E-state index is 0.00870. The van der Waals surface area contributed by atoms with Crippen LogP contribution in [0.2, 0.25) is 0 Å². The Hall–Kier alpha value is -1.79. The first kappa shape index (κ1) is 21.1. The van der Waals surface area contributed by atoms with Gasteiger partial charge in [0.05, 0.1) is 24.2 Å². The van der Waals surface area contributed by atoms with Gasteiger partial charge in [0.25, 0.3) is 0 Å². The molecule has 0 N–H and O–H groups in total. The predicted molar refractivity (Wildman–Crippen MR) is 127 cm³/mol. The molecule has 2 atom stereocenters. The van der Waals surface area contributed by atoms with E-state index in [4.69, 9.17) is 26.1 Å². The Kier molecular flexibility index (Phi) is 5.02. The molecule has 0 bridgehead atoms. The molecule has 0 spiro atoms. The zero-order valence-corrected chi connectivity index (χ0v) is 20.0. The zero-order chi connectivity index (χ0) is 22.0. The van der Waals surface area contributed by atoms with E-state index in [0.29, 0.717) is 25.2 Å². The normalized spacial score (nSPS) is 27.3. The van der Waals surface area contributed by atoms with Crippen molar-refractivity contribution < 1.29 is 13.7 Å². The SMILES string of the molecule is CC1N(C)c2cc3c(cc2C1(C)C)P(=S)(N1CCOCC1)OC(c1ccc(F)cc1)=N3. The van der Waals surface area contributed by atoms with E-state index >= 15 is 0 Å². The second-order valence-electron chi connectivity index (χ2n) is 8.97. The maximum absolute atomic E-state index is 13.5. The lowest BCUT2D eigenvalue weighted by molar-refractivity contribution is 0.0723. The highest BCUT2D eigenvalue weighted by molar-refractivity contribution is 8.15. The van der Waals surface area contributed by atoms with Crippen LogP contribution in [0.3, 0.4) is 0 Å². The van der Waals surface area contributed by atoms with Gasteiger partial charge in [0.15, 0.2) is 0 Å². The van der Waals surface area contributed by atoms with Gasteiger partial charge in [-0.1, -0.05) is 13.8 Å². The van der Waals surface area contributed by atoms with Crippen molar-refractivity contribution in [1.82, 2.24) is 4.67 Å². The van der Waals surface area contributed by atoms with E-state index < -0.39 is 6.42 Å². The Bertz CT molecular complexity index is 1110. The minimum atomic E-state index is -2.60. The summed E-state index contributed by atoms with van der Waals surface area (Å²) >= 11 is 6.33. The Labute approximate surface area is 188 Å². The first-order chi connectivity index (χ1) is 14.7. The molecule has 3 heterocycles. The number of likely N-dealkylation sites (N-methyl/N-ethyl adjacent to an activating group) is 1. The lowest BCUT2D eigenvalue weighted by Gasteiger charge is -2.40. The Morgan fingerprint density at radius 2 is 1.84 bits per heavy atom. The van der Waals surface area contributed by atoms with Crippen molar-refractivity contribution in [1.29, 1.82) is 0 Å². The molecule has 2 aromatic rings. The van der Waals surface area contributed by atoms with Crippen LogP contribution in [-0.4, -0.2) is 50.0 Å². The third-order valence-electron chi connectivity index (χ3n) is 6.98. The topological polar surface area (TPSA) is 37.3 Å². The summed E-state index contributed by atoms with van der Waals surface area (Å²) in [5.41, 5.74) is 4.05. The van der Waals surface area contributed by atoms with E-state index in [1.54, 1.807) is 12.1 Å². The van der Waals surface area contributed by atoms with Gasteiger partial charge in [0.1, 0.15) is 5.82 Å². The number of hydrogen-bond acceptors (Lipinski definition) is 5. The van der Waals surface area contributed by atoms with Crippen LogP contribution in [0.25, 0.3) is 0 Å². The molecule has 0 aliphatic carbocycles. The highest BCUT2D eigenvalue weighted by atomic mass is 32.4. The second-order valence-corrected chi connectivity index (χ2v) is 12.7. The lowest BCUT2D eigenvalue weighted by Crippen LogP contribution is -2.39. The number of fused-ring (bicyclic) bond motifs is 2. The highest BCUT2D eigenvalue weighted by Crippen LogP contribution is 2.57. The second kappa shape index (κ2) is 7.38. The summed E-state index contributed by atoms with van der Waals surface area (Å²) in [5, 5.41) is 1.00. The average Bonchev–Trinajstić information content (AvgIpc) is 2.93. The largest absolute Gasteiger partial charge is 0.431 e. The van der Waals surface area contributed by atoms with Crippen molar-refractivity contribution in [3.8, 4) is 0 Å². The molecule has 5 rings (SSSR count). The van der Waals surface area contributed by atoms with Gasteiger partial charge in [-0.05, 0) is 60.7 Å². The molecule has 2 aromatic carbocycles. The molecule has 0 radical (unpaired) electrons. The maximum atomic E-state index is 13.5. The average molecular weight is 460 g/mol. The fraction of sp³-hybridized carbons (Fsp3) is 0.435. The van der Waals surface area contributed by atoms with Crippen LogP contribution in [0.1, 0.15) is 31.9 Å². The number of anilines is 1. The number of ether oxygens (including phenoxy) is 1. The zero-order valence-electron chi connectivity index (χ0n) is 18.3. The van der Waals surface area contributed by atoms with Crippen LogP contribution < -0.4 is 10.2 Å². The summed E-state index contributed by atoms with van der Waals surface area (Å²) in [4.78, 5) is 7.18. The molecular weight excluding hydrogens is 432 g/mol. The maximum Gasteiger partial charge on any atom is 0.226 e. The highest BCUT2D eigenvalue weighted by Gasteiger charge is 2.44. The molecule has 1 saturated heterocycles. The minimum Gasteiger partial charge on any atom is -0.431 e. The van der Waals surface area contributed by atoms with Crippen molar-refractivity contribution >= 4 is 40.8 Å². The van der Waals surface area contributed by atoms with Crippen LogP contribution in [0.4, 0.5) is 15.8 Å². The van der Waals surface area contributed by atoms with Crippen molar-refractivity contribution in [2.24, 2.45) is 4.99 Å². The van der Waals surface area contributed by atoms with Crippen molar-refractivity contribution in [2.45, 2.75) is 32.2 Å². The number of rotatable bonds is 2. The molecule has 0 aromatic heterocycles. The molecular formula is C23H27FN3O2PS. The summed E-state index contributed by atoms with van der Waals surface area (Å²) < 4.78 is 27.9. The first-order valence-corrected chi connectivity index (χ1v) is 13.3. The number of benzene rings is 2. The lowest BCUT2D eigenvalue weighted by atomic mass is 9.81. The van der Waals surface area contributed by atoms with Crippen molar-refractivity contribution in [3.05, 3.63) is 53.3 Å². The van der Waals surface area contributed by atoms with Crippen molar-refractivity contribution in [2.75, 3.05) is 38.3 Å². The predicted octanol–water partition coefficient (Wildman–Crippen LogP) is 4.32. The van der Waals surface area contributed by atoms with Gasteiger partial charge in [-0.2, -0.15) is 0 Å². The van der Waals surface area contributed by atoms with Gasteiger partial charge in [-0.25, -0.2) is 14.1 Å². The van der Waals surface area contributed by atoms with E-state index in [0.717, 1.165) is 29.6 Å². The van der Waals surface area contributed by atoms with Crippen LogP contribution >= 0.6 is 6.42 Å². The van der Waals surface area contributed by atoms with Crippen LogP contribution in [0.5, 0.6) is 0 Å². The Balaban J connectivity index is 1.71. The van der Waals surface area contributed by atoms with Gasteiger partial charge in [0, 0.05) is 42.8 Å². The standard InChI is InChI=1S/C23H27FN3O2PS/c1-15-23(2,3)18-13-21-19(14-20(18)26(15)4)25-22(16-5-7-17(24)8-6-16)29-30(21,31)27-9-11-28-12-10-27/h5-8,13-15H,9-12H2,1-4H3. The van der Waals surface area contributed by atoms with E-state index in [-0.39, 0.29) is 11.2 Å². The molecule has 3 aliphatic heterocycles. The van der Waals surface area contributed by atoms with Gasteiger partial charge in [0.2, 0.25) is 12.3 Å². The molecule has 31 heavy (non-hydrogen) atoms. The Morgan fingerprint density at radius 1 is 1.16 bits per heavy atom. The van der Waals surface area contributed by atoms with Gasteiger partial charge in [-0.15, -0.1) is 0 Å². The first-order valence-electron chi connectivity index (χ1n) is 10.6. The number of morpholine rings is 1. The van der Waals surface area contributed by atoms with Crippen LogP contribution in [-0.2, 0) is 26.5 Å². The fourth-order valence-corrected chi connectivity index (χ4v) is 8.07. The molecule has 0 saturated carbocycles. The number of halogens is 1. The number of hydrogen-bond donors (Lipinski definition) is 0. The quantitative estimate of drug-likeness (QED) is 0.626. The number of aliphatic imine (C=N–C) groups is 1. The van der Waals surface area contributed by atoms with Gasteiger partial charge >= 0.3 is 0 Å². The van der Waals surface area contributed by atoms with Crippen LogP contribution in [0, 0.1) is 5.82 Å². The fourth-order valence-electron chi connectivity index (χ4n) is 4.64. The van der Waals surface area contributed by atoms with E-state index in [1.807, 2.05) is 0 Å². The van der Waals surface area contributed by atoms with Gasteiger partial charge < -0.3 is 14.2 Å². The third kappa shape index (κ3) is 3.25. The van der Waals surface area contributed by atoms with E-state index in [2.05, 4.69) is 49.5 Å². The monoisotopic (exact) mass is 459 g/mol. The third-order valence-corrected chi connectivity index (χ3v) is 11.0. The Morgan fingerprint density at radius 3 is 2.52 bits per heavy atom. The molecule has 2 unspecified atom stereocenters. The molecule has 8 heteroatoms. The summed E-state index contributed by atoms with van der Waals surface area (Å²) in [5.74, 6) is 0.180. The van der Waals surface area contributed by atoms with Crippen LogP contribution in [0.15, 0.2) is 41.4 Å². The molecule has 164 valence electrons. The smallest absolute Gasteiger partial charge is 0.226 e. The number of nitrogens with zero attached hydrogens (tertiary/aromatic N) is 3. The van der Waals surface area contributed by atoms with Gasteiger partial charge in [-0.3, -0.25) is 0 Å². The van der Waals surface area contributed by atoms with E-state index in [9.17, 15) is 4.39 Å². The molecule has 0 amide bonds. The summed E-state index contributed by atoms with van der Waals surface area (Å²) in [7, 11) is 2.13. The van der Waals surface area contributed by atoms with Crippen molar-refractivity contribution in [3.63, 3.8) is 0 Å². The molecule has 5 nitrogen and oxygen atoms in total. The summed E-state index contributed by atoms with van der Waals surface area (Å²) in [6.45, 7) is 9.53. The molecule has 3 aliphatic rings. The summed E-state index contributed by atoms with van der Waals surface area (Å²) in [6, 6.07) is 11.0.